The highest BCUT2D eigenvalue weighted by atomic mass is 79.9. The minimum absolute atomic E-state index is 0.0606. The maximum atomic E-state index is 14.7. The molecule has 2 aromatic carbocycles. The summed E-state index contributed by atoms with van der Waals surface area (Å²) in [6.07, 6.45) is 3.93. The summed E-state index contributed by atoms with van der Waals surface area (Å²) in [5.74, 6) is -0.942. The lowest BCUT2D eigenvalue weighted by Gasteiger charge is -2.12. The molecule has 13 heteroatoms. The van der Waals surface area contributed by atoms with Crippen molar-refractivity contribution in [1.82, 2.24) is 20.5 Å². The van der Waals surface area contributed by atoms with Gasteiger partial charge in [0.05, 0.1) is 41.5 Å². The molecule has 0 unspecified atom stereocenters. The number of carbonyl (C=O) groups is 2. The number of fused-ring (bicyclic) bond motifs is 1. The number of ether oxygens (including phenoxy) is 1. The fourth-order valence-electron chi connectivity index (χ4n) is 3.04. The minimum atomic E-state index is -0.584. The topological polar surface area (TPSA) is 127 Å². The molecule has 0 radical (unpaired) electrons. The number of aromatic nitrogens is 2. The smallest absolute Gasteiger partial charge is 0.243 e. The van der Waals surface area contributed by atoms with E-state index in [-0.39, 0.29) is 22.7 Å². The van der Waals surface area contributed by atoms with E-state index in [9.17, 15) is 14.0 Å². The molecule has 0 atom stereocenters. The molecule has 3 aromatic rings. The van der Waals surface area contributed by atoms with Gasteiger partial charge in [-0.3, -0.25) is 19.6 Å². The normalized spacial score (nSPS) is 10.6. The van der Waals surface area contributed by atoms with Gasteiger partial charge in [-0.25, -0.2) is 20.3 Å². The number of benzene rings is 2. The van der Waals surface area contributed by atoms with Crippen LogP contribution >= 0.6 is 27.5 Å². The number of aryl methyl sites for hydroxylation is 1. The number of hydroxylamine groups is 2. The highest BCUT2D eigenvalue weighted by Crippen LogP contribution is 2.33. The molecule has 0 aliphatic rings. The fourth-order valence-corrected chi connectivity index (χ4v) is 3.76. The number of rotatable bonds is 12. The number of hydrogen-bond donors (Lipinski definition) is 4. The molecule has 196 valence electrons. The van der Waals surface area contributed by atoms with Crippen molar-refractivity contribution in [3.8, 4) is 0 Å². The molecule has 10 nitrogen and oxygen atoms in total. The van der Waals surface area contributed by atoms with Crippen LogP contribution in [-0.4, -0.2) is 53.8 Å². The second-order valence-corrected chi connectivity index (χ2v) is 8.72. The second kappa shape index (κ2) is 15.5. The number of halogens is 3. The zero-order valence-corrected chi connectivity index (χ0v) is 22.2. The van der Waals surface area contributed by atoms with Crippen LogP contribution in [0.3, 0.4) is 0 Å². The Kier molecular flexibility index (Phi) is 12.7. The minimum Gasteiger partial charge on any atom is -0.379 e. The Bertz CT molecular complexity index is 1160. The van der Waals surface area contributed by atoms with Gasteiger partial charge in [-0.05, 0) is 37.1 Å². The van der Waals surface area contributed by atoms with Gasteiger partial charge in [0.2, 0.25) is 5.91 Å². The van der Waals surface area contributed by atoms with Gasteiger partial charge in [-0.1, -0.05) is 27.5 Å². The van der Waals surface area contributed by atoms with E-state index in [1.807, 2.05) is 0 Å². The molecular weight excluding hydrogens is 561 g/mol. The maximum Gasteiger partial charge on any atom is 0.243 e. The highest BCUT2D eigenvalue weighted by Gasteiger charge is 2.17. The van der Waals surface area contributed by atoms with Crippen molar-refractivity contribution in [3.63, 3.8) is 0 Å². The van der Waals surface area contributed by atoms with Crippen molar-refractivity contribution in [1.29, 1.82) is 0 Å². The number of hydrogen-bond acceptors (Lipinski definition) is 8. The van der Waals surface area contributed by atoms with Crippen LogP contribution in [0.15, 0.2) is 35.1 Å². The first-order valence-electron chi connectivity index (χ1n) is 10.9. The third kappa shape index (κ3) is 8.80. The third-order valence-electron chi connectivity index (χ3n) is 4.85. The predicted molar refractivity (Wildman–Crippen MR) is 138 cm³/mol. The van der Waals surface area contributed by atoms with Crippen LogP contribution in [0.2, 0.25) is 5.02 Å². The summed E-state index contributed by atoms with van der Waals surface area (Å²) in [6, 6.07) is 6.74. The van der Waals surface area contributed by atoms with E-state index in [1.54, 1.807) is 48.4 Å². The molecule has 4 N–H and O–H groups in total. The molecule has 0 bridgehead atoms. The van der Waals surface area contributed by atoms with Crippen LogP contribution in [0.4, 0.5) is 15.8 Å². The molecule has 0 spiro atoms. The highest BCUT2D eigenvalue weighted by molar-refractivity contribution is 9.10. The summed E-state index contributed by atoms with van der Waals surface area (Å²) in [6.45, 7) is 1.65. The number of nitrogens with one attached hydrogen (secondary N) is 3. The van der Waals surface area contributed by atoms with Gasteiger partial charge in [-0.2, -0.15) is 0 Å². The molecule has 0 saturated heterocycles. The van der Waals surface area contributed by atoms with E-state index in [0.29, 0.717) is 55.2 Å². The van der Waals surface area contributed by atoms with E-state index in [0.717, 1.165) is 10.9 Å². The lowest BCUT2D eigenvalue weighted by Crippen LogP contribution is -2.18. The van der Waals surface area contributed by atoms with Gasteiger partial charge in [0.1, 0.15) is 5.52 Å². The Morgan fingerprint density at radius 1 is 1.28 bits per heavy atom. The number of aldehydes is 1. The quantitative estimate of drug-likeness (QED) is 0.105. The zero-order valence-electron chi connectivity index (χ0n) is 19.8. The summed E-state index contributed by atoms with van der Waals surface area (Å²) < 4.78 is 22.3. The van der Waals surface area contributed by atoms with Gasteiger partial charge in [0.15, 0.2) is 12.1 Å². The van der Waals surface area contributed by atoms with Gasteiger partial charge in [-0.15, -0.1) is 0 Å². The summed E-state index contributed by atoms with van der Waals surface area (Å²) >= 11 is 9.43. The van der Waals surface area contributed by atoms with Crippen LogP contribution in [0.25, 0.3) is 11.0 Å². The number of unbranched alkanes of at least 4 members (excludes halogenated alkanes) is 1. The van der Waals surface area contributed by atoms with Crippen molar-refractivity contribution < 1.29 is 28.8 Å². The Morgan fingerprint density at radius 3 is 2.72 bits per heavy atom. The second-order valence-electron chi connectivity index (χ2n) is 7.40. The lowest BCUT2D eigenvalue weighted by molar-refractivity contribution is -0.129. The molecule has 1 heterocycles. The molecule has 3 rings (SSSR count). The number of amides is 1. The van der Waals surface area contributed by atoms with Crippen molar-refractivity contribution >= 4 is 62.1 Å². The maximum absolute atomic E-state index is 14.7. The molecule has 0 aliphatic carbocycles. The van der Waals surface area contributed by atoms with Crippen LogP contribution in [-0.2, 0) is 21.4 Å². The summed E-state index contributed by atoms with van der Waals surface area (Å²) in [4.78, 5) is 30.7. The lowest BCUT2D eigenvalue weighted by atomic mass is 10.1. The van der Waals surface area contributed by atoms with E-state index in [2.05, 4.69) is 31.7 Å². The van der Waals surface area contributed by atoms with Crippen LogP contribution < -0.4 is 16.3 Å². The van der Waals surface area contributed by atoms with Gasteiger partial charge in [0.25, 0.3) is 0 Å². The molecule has 1 amide bonds. The summed E-state index contributed by atoms with van der Waals surface area (Å²) in [5.41, 5.74) is 5.62. The number of carbonyl (C=O) groups excluding carboxylic acids is 2. The third-order valence-corrected chi connectivity index (χ3v) is 5.66. The first kappa shape index (κ1) is 29.6. The summed E-state index contributed by atoms with van der Waals surface area (Å²) in [5, 5.41) is 11.5. The van der Waals surface area contributed by atoms with E-state index >= 15 is 0 Å². The first-order valence-corrected chi connectivity index (χ1v) is 12.1. The Balaban J connectivity index is 0.000000284. The van der Waals surface area contributed by atoms with E-state index in [4.69, 9.17) is 26.4 Å². The first-order chi connectivity index (χ1) is 17.3. The fraction of sp³-hybridized carbons (Fsp3) is 0.348. The Morgan fingerprint density at radius 2 is 2.06 bits per heavy atom. The number of anilines is 2. The Hall–Kier alpha value is -2.61. The number of nitrogens with zero attached hydrogens (tertiary/aromatic N) is 2. The largest absolute Gasteiger partial charge is 0.379 e. The molecule has 36 heavy (non-hydrogen) atoms. The van der Waals surface area contributed by atoms with Crippen LogP contribution in [0.1, 0.15) is 29.6 Å². The average molecular weight is 589 g/mol. The van der Waals surface area contributed by atoms with Crippen molar-refractivity contribution in [2.45, 2.75) is 19.3 Å². The van der Waals surface area contributed by atoms with Gasteiger partial charge >= 0.3 is 0 Å². The molecule has 0 aliphatic heterocycles. The summed E-state index contributed by atoms with van der Waals surface area (Å²) in [7, 11) is 3.43. The van der Waals surface area contributed by atoms with Crippen molar-refractivity contribution in [3.05, 3.63) is 51.5 Å². The molecule has 0 fully saturated rings. The van der Waals surface area contributed by atoms with Gasteiger partial charge < -0.3 is 14.6 Å². The molecular formula is C23H28BrClFN5O5. The predicted octanol–water partition coefficient (Wildman–Crippen LogP) is 4.51. The average Bonchev–Trinajstić information content (AvgIpc) is 3.24. The Labute approximate surface area is 221 Å². The standard InChI is InChI=1S/C15H10BrClFN3O.C8H18N2O4/c1-21-7-19-15-12(21)4-8(6-22)14(13(15)18)20-11-3-2-9(16)5-10(11)17;1-9-14-7-6-13-5-3-2-4-8(11)10-12/h2-7,20H,1H3;9,12H,2-7H2,1H3,(H,10,11). The zero-order chi connectivity index (χ0) is 26.5. The van der Waals surface area contributed by atoms with Gasteiger partial charge in [0, 0.05) is 37.2 Å². The monoisotopic (exact) mass is 587 g/mol. The van der Waals surface area contributed by atoms with Crippen LogP contribution in [0.5, 0.6) is 0 Å². The van der Waals surface area contributed by atoms with Crippen molar-refractivity contribution in [2.75, 3.05) is 32.2 Å². The van der Waals surface area contributed by atoms with Crippen molar-refractivity contribution in [2.24, 2.45) is 7.05 Å². The molecule has 0 saturated carbocycles. The van der Waals surface area contributed by atoms with E-state index in [1.165, 1.54) is 6.33 Å². The SMILES string of the molecule is CNOCCOCCCCC(=O)NO.Cn1cnc2c(F)c(Nc3ccc(Br)cc3Cl)c(C=O)cc21. The van der Waals surface area contributed by atoms with E-state index < -0.39 is 5.82 Å². The van der Waals surface area contributed by atoms with Crippen LogP contribution in [0, 0.1) is 5.82 Å². The number of imidazole rings is 1. The molecule has 1 aromatic heterocycles.